The molecule has 4 fully saturated rings. The van der Waals surface area contributed by atoms with E-state index in [4.69, 9.17) is 4.74 Å². The van der Waals surface area contributed by atoms with Gasteiger partial charge in [-0.2, -0.15) is 0 Å². The van der Waals surface area contributed by atoms with Crippen LogP contribution in [0.15, 0.2) is 30.3 Å². The Kier molecular flexibility index (Phi) is 4.68. The molecule has 5 rings (SSSR count). The molecule has 4 saturated carbocycles. The summed E-state index contributed by atoms with van der Waals surface area (Å²) in [4.78, 5) is 0. The van der Waals surface area contributed by atoms with Gasteiger partial charge in [-0.25, -0.2) is 0 Å². The van der Waals surface area contributed by atoms with Crippen molar-refractivity contribution >= 4 is 0 Å². The van der Waals surface area contributed by atoms with Crippen molar-refractivity contribution in [2.75, 3.05) is 13.2 Å². The van der Waals surface area contributed by atoms with E-state index in [1.807, 2.05) is 6.07 Å². The van der Waals surface area contributed by atoms with E-state index in [1.165, 1.54) is 44.1 Å². The minimum absolute atomic E-state index is 0.0980. The summed E-state index contributed by atoms with van der Waals surface area (Å²) in [7, 11) is 0. The van der Waals surface area contributed by atoms with E-state index in [0.717, 1.165) is 17.8 Å². The minimum atomic E-state index is -0.427. The average molecular weight is 329 g/mol. The SMILES string of the molecule is CC(NCC(O)COC12CC3CC(CC(C3)C1)C2)c1ccccc1. The van der Waals surface area contributed by atoms with Crippen molar-refractivity contribution in [3.05, 3.63) is 35.9 Å². The monoisotopic (exact) mass is 329 g/mol. The molecule has 1 aromatic carbocycles. The fourth-order valence-electron chi connectivity index (χ4n) is 5.71. The molecule has 132 valence electrons. The van der Waals surface area contributed by atoms with Gasteiger partial charge in [0.05, 0.1) is 18.3 Å². The van der Waals surface area contributed by atoms with Crippen LogP contribution in [-0.2, 0) is 4.74 Å². The normalized spacial score (nSPS) is 36.7. The van der Waals surface area contributed by atoms with Gasteiger partial charge in [0.15, 0.2) is 0 Å². The lowest BCUT2D eigenvalue weighted by Gasteiger charge is -2.56. The summed E-state index contributed by atoms with van der Waals surface area (Å²) in [6.07, 6.45) is 7.58. The topological polar surface area (TPSA) is 41.5 Å². The quantitative estimate of drug-likeness (QED) is 0.802. The Morgan fingerprint density at radius 3 is 2.25 bits per heavy atom. The highest BCUT2D eigenvalue weighted by atomic mass is 16.5. The Morgan fingerprint density at radius 2 is 1.67 bits per heavy atom. The van der Waals surface area contributed by atoms with Crippen molar-refractivity contribution in [1.82, 2.24) is 5.32 Å². The predicted molar refractivity (Wildman–Crippen MR) is 95.7 cm³/mol. The van der Waals surface area contributed by atoms with Crippen LogP contribution in [0.3, 0.4) is 0 Å². The number of rotatable bonds is 7. The van der Waals surface area contributed by atoms with Gasteiger partial charge in [-0.05, 0) is 68.8 Å². The predicted octanol–water partition coefficient (Wildman–Crippen LogP) is 3.68. The molecule has 0 amide bonds. The maximum absolute atomic E-state index is 10.4. The number of aliphatic hydroxyl groups excluding tert-OH is 1. The van der Waals surface area contributed by atoms with Gasteiger partial charge in [-0.15, -0.1) is 0 Å². The zero-order chi connectivity index (χ0) is 16.6. The molecule has 0 aromatic heterocycles. The molecule has 1 aromatic rings. The van der Waals surface area contributed by atoms with Gasteiger partial charge in [0.2, 0.25) is 0 Å². The van der Waals surface area contributed by atoms with Crippen molar-refractivity contribution < 1.29 is 9.84 Å². The van der Waals surface area contributed by atoms with E-state index >= 15 is 0 Å². The van der Waals surface area contributed by atoms with E-state index < -0.39 is 6.10 Å². The lowest BCUT2D eigenvalue weighted by molar-refractivity contribution is -0.174. The van der Waals surface area contributed by atoms with Crippen LogP contribution in [0, 0.1) is 17.8 Å². The van der Waals surface area contributed by atoms with Crippen LogP contribution in [0.25, 0.3) is 0 Å². The third kappa shape index (κ3) is 3.54. The summed E-state index contributed by atoms with van der Waals surface area (Å²) in [5, 5.41) is 13.8. The standard InChI is InChI=1S/C21H31NO2/c1-15(19-5-3-2-4-6-19)22-13-20(23)14-24-21-10-16-7-17(11-21)9-18(8-16)12-21/h2-6,15-18,20,22-23H,7-14H2,1H3. The molecule has 2 N–H and O–H groups in total. The zero-order valence-electron chi connectivity index (χ0n) is 14.8. The Balaban J connectivity index is 1.24. The first-order valence-electron chi connectivity index (χ1n) is 9.72. The molecule has 0 heterocycles. The maximum atomic E-state index is 10.4. The number of aliphatic hydroxyl groups is 1. The molecule has 24 heavy (non-hydrogen) atoms. The van der Waals surface area contributed by atoms with Crippen LogP contribution in [-0.4, -0.2) is 30.0 Å². The summed E-state index contributed by atoms with van der Waals surface area (Å²) in [5.41, 5.74) is 1.35. The molecule has 0 spiro atoms. The molecule has 3 heteroatoms. The Hall–Kier alpha value is -0.900. The van der Waals surface area contributed by atoms with E-state index in [9.17, 15) is 5.11 Å². The van der Waals surface area contributed by atoms with E-state index in [1.54, 1.807) is 0 Å². The lowest BCUT2D eigenvalue weighted by atomic mass is 9.54. The largest absolute Gasteiger partial charge is 0.389 e. The van der Waals surface area contributed by atoms with Crippen molar-refractivity contribution in [2.24, 2.45) is 17.8 Å². The van der Waals surface area contributed by atoms with Crippen LogP contribution in [0.4, 0.5) is 0 Å². The fourth-order valence-corrected chi connectivity index (χ4v) is 5.71. The number of hydrogen-bond acceptors (Lipinski definition) is 3. The van der Waals surface area contributed by atoms with Gasteiger partial charge in [-0.1, -0.05) is 30.3 Å². The summed E-state index contributed by atoms with van der Waals surface area (Å²) in [6.45, 7) is 3.20. The highest BCUT2D eigenvalue weighted by Crippen LogP contribution is 2.57. The Morgan fingerprint density at radius 1 is 1.08 bits per heavy atom. The molecule has 2 atom stereocenters. The minimum Gasteiger partial charge on any atom is -0.389 e. The first-order valence-corrected chi connectivity index (χ1v) is 9.72. The number of nitrogens with one attached hydrogen (secondary N) is 1. The second-order valence-corrected chi connectivity index (χ2v) is 8.61. The van der Waals surface area contributed by atoms with Gasteiger partial charge >= 0.3 is 0 Å². The van der Waals surface area contributed by atoms with Gasteiger partial charge in [-0.3, -0.25) is 0 Å². The van der Waals surface area contributed by atoms with Crippen LogP contribution in [0.1, 0.15) is 57.1 Å². The second-order valence-electron chi connectivity index (χ2n) is 8.61. The maximum Gasteiger partial charge on any atom is 0.0898 e. The molecular weight excluding hydrogens is 298 g/mol. The first kappa shape index (κ1) is 16.6. The van der Waals surface area contributed by atoms with Crippen LogP contribution in [0.2, 0.25) is 0 Å². The summed E-state index contributed by atoms with van der Waals surface area (Å²) >= 11 is 0. The van der Waals surface area contributed by atoms with E-state index in [-0.39, 0.29) is 11.6 Å². The Labute approximate surface area is 145 Å². The van der Waals surface area contributed by atoms with E-state index in [0.29, 0.717) is 13.2 Å². The number of ether oxygens (including phenoxy) is 1. The zero-order valence-corrected chi connectivity index (χ0v) is 14.8. The summed E-state index contributed by atoms with van der Waals surface area (Å²) in [6, 6.07) is 10.6. The van der Waals surface area contributed by atoms with Gasteiger partial charge < -0.3 is 15.2 Å². The number of benzene rings is 1. The Bertz CT molecular complexity index is 509. The van der Waals surface area contributed by atoms with Gasteiger partial charge in [0.25, 0.3) is 0 Å². The van der Waals surface area contributed by atoms with E-state index in [2.05, 4.69) is 36.5 Å². The molecule has 3 nitrogen and oxygen atoms in total. The smallest absolute Gasteiger partial charge is 0.0898 e. The third-order valence-corrected chi connectivity index (χ3v) is 6.52. The molecule has 4 aliphatic rings. The molecule has 4 aliphatic carbocycles. The molecule has 0 saturated heterocycles. The van der Waals surface area contributed by atoms with Gasteiger partial charge in [0, 0.05) is 12.6 Å². The molecular formula is C21H31NO2. The summed E-state index contributed by atoms with van der Waals surface area (Å²) in [5.74, 6) is 2.68. The van der Waals surface area contributed by atoms with Crippen LogP contribution in [0.5, 0.6) is 0 Å². The van der Waals surface area contributed by atoms with Crippen LogP contribution >= 0.6 is 0 Å². The van der Waals surface area contributed by atoms with Crippen molar-refractivity contribution in [1.29, 1.82) is 0 Å². The molecule has 0 radical (unpaired) electrons. The highest BCUT2D eigenvalue weighted by Gasteiger charge is 2.51. The molecule has 0 aliphatic heterocycles. The van der Waals surface area contributed by atoms with Crippen molar-refractivity contribution in [3.8, 4) is 0 Å². The highest BCUT2D eigenvalue weighted by molar-refractivity contribution is 5.18. The second kappa shape index (κ2) is 6.78. The lowest BCUT2D eigenvalue weighted by Crippen LogP contribution is -2.53. The van der Waals surface area contributed by atoms with Crippen molar-refractivity contribution in [3.63, 3.8) is 0 Å². The fraction of sp³-hybridized carbons (Fsp3) is 0.714. The molecule has 4 bridgehead atoms. The summed E-state index contributed by atoms with van der Waals surface area (Å²) < 4.78 is 6.35. The average Bonchev–Trinajstić information content (AvgIpc) is 2.57. The third-order valence-electron chi connectivity index (χ3n) is 6.52. The number of hydrogen-bond donors (Lipinski definition) is 2. The van der Waals surface area contributed by atoms with Crippen molar-refractivity contribution in [2.45, 2.75) is 63.2 Å². The first-order chi connectivity index (χ1) is 11.6. The molecule has 2 unspecified atom stereocenters. The van der Waals surface area contributed by atoms with Crippen LogP contribution < -0.4 is 5.32 Å². The van der Waals surface area contributed by atoms with Gasteiger partial charge in [0.1, 0.15) is 0 Å².